The van der Waals surface area contributed by atoms with E-state index in [1.807, 2.05) is 26.0 Å². The fourth-order valence-electron chi connectivity index (χ4n) is 1.67. The largest absolute Gasteiger partial charge is 0.491 e. The molecule has 2 nitrogen and oxygen atoms in total. The van der Waals surface area contributed by atoms with E-state index in [0.717, 1.165) is 18.2 Å². The van der Waals surface area contributed by atoms with Crippen LogP contribution >= 0.6 is 0 Å². The Kier molecular flexibility index (Phi) is 5.88. The van der Waals surface area contributed by atoms with Gasteiger partial charge in [0.15, 0.2) is 0 Å². The molecule has 0 saturated carbocycles. The number of hydrogen-bond donors (Lipinski definition) is 1. The van der Waals surface area contributed by atoms with Crippen molar-refractivity contribution in [2.24, 2.45) is 5.92 Å². The van der Waals surface area contributed by atoms with E-state index in [-0.39, 0.29) is 6.10 Å². The zero-order chi connectivity index (χ0) is 12.7. The van der Waals surface area contributed by atoms with Gasteiger partial charge >= 0.3 is 0 Å². The number of anilines is 1. The van der Waals surface area contributed by atoms with E-state index in [2.05, 4.69) is 31.3 Å². The van der Waals surface area contributed by atoms with Crippen LogP contribution in [0.3, 0.4) is 0 Å². The first kappa shape index (κ1) is 13.9. The van der Waals surface area contributed by atoms with Crippen LogP contribution in [0.25, 0.3) is 0 Å². The fourth-order valence-corrected chi connectivity index (χ4v) is 1.67. The lowest BCUT2D eigenvalue weighted by atomic mass is 10.1. The molecule has 1 aromatic carbocycles. The summed E-state index contributed by atoms with van der Waals surface area (Å²) in [7, 11) is 0. The highest BCUT2D eigenvalue weighted by Gasteiger charge is 1.98. The van der Waals surface area contributed by atoms with Crippen LogP contribution in [0.5, 0.6) is 5.75 Å². The van der Waals surface area contributed by atoms with Crippen molar-refractivity contribution in [2.75, 3.05) is 11.9 Å². The lowest BCUT2D eigenvalue weighted by molar-refractivity contribution is 0.242. The number of nitrogens with one attached hydrogen (secondary N) is 1. The molecule has 0 amide bonds. The van der Waals surface area contributed by atoms with Gasteiger partial charge in [0.25, 0.3) is 0 Å². The molecule has 0 radical (unpaired) electrons. The molecule has 2 heteroatoms. The van der Waals surface area contributed by atoms with Crippen molar-refractivity contribution in [1.82, 2.24) is 0 Å². The quantitative estimate of drug-likeness (QED) is 0.711. The van der Waals surface area contributed by atoms with Gasteiger partial charge in [-0.25, -0.2) is 0 Å². The third-order valence-electron chi connectivity index (χ3n) is 2.51. The van der Waals surface area contributed by atoms with Crippen molar-refractivity contribution in [2.45, 2.75) is 46.6 Å². The Labute approximate surface area is 105 Å². The predicted octanol–water partition coefficient (Wildman–Crippen LogP) is 4.32. The Morgan fingerprint density at radius 2 is 1.71 bits per heavy atom. The van der Waals surface area contributed by atoms with Crippen molar-refractivity contribution in [3.63, 3.8) is 0 Å². The first-order valence-electron chi connectivity index (χ1n) is 6.58. The summed E-state index contributed by atoms with van der Waals surface area (Å²) in [4.78, 5) is 0. The molecule has 0 unspecified atom stereocenters. The molecule has 0 aliphatic heterocycles. The number of ether oxygens (including phenoxy) is 1. The molecular weight excluding hydrogens is 210 g/mol. The average Bonchev–Trinajstić information content (AvgIpc) is 2.25. The van der Waals surface area contributed by atoms with Crippen molar-refractivity contribution >= 4 is 5.69 Å². The monoisotopic (exact) mass is 235 g/mol. The normalized spacial score (nSPS) is 10.9. The van der Waals surface area contributed by atoms with Gasteiger partial charge in [-0.1, -0.05) is 13.8 Å². The van der Waals surface area contributed by atoms with E-state index in [1.165, 1.54) is 18.5 Å². The minimum atomic E-state index is 0.236. The standard InChI is InChI=1S/C15H25NO/c1-12(2)6-5-11-16-14-7-9-15(10-8-14)17-13(3)4/h7-10,12-13,16H,5-6,11H2,1-4H3. The summed E-state index contributed by atoms with van der Waals surface area (Å²) in [6.45, 7) is 9.65. The molecule has 0 fully saturated rings. The summed E-state index contributed by atoms with van der Waals surface area (Å²) in [5.74, 6) is 1.73. The van der Waals surface area contributed by atoms with Gasteiger partial charge in [0.05, 0.1) is 6.10 Å². The fraction of sp³-hybridized carbons (Fsp3) is 0.600. The average molecular weight is 235 g/mol. The maximum absolute atomic E-state index is 5.60. The van der Waals surface area contributed by atoms with Crippen LogP contribution in [0.1, 0.15) is 40.5 Å². The van der Waals surface area contributed by atoms with Gasteiger partial charge < -0.3 is 10.1 Å². The predicted molar refractivity (Wildman–Crippen MR) is 74.8 cm³/mol. The summed E-state index contributed by atoms with van der Waals surface area (Å²) in [5, 5.41) is 3.42. The Morgan fingerprint density at radius 1 is 1.06 bits per heavy atom. The topological polar surface area (TPSA) is 21.3 Å². The summed E-state index contributed by atoms with van der Waals surface area (Å²) in [6, 6.07) is 8.19. The van der Waals surface area contributed by atoms with Crippen molar-refractivity contribution in [1.29, 1.82) is 0 Å². The van der Waals surface area contributed by atoms with Gasteiger partial charge in [0.1, 0.15) is 5.75 Å². The van der Waals surface area contributed by atoms with E-state index in [9.17, 15) is 0 Å². The maximum Gasteiger partial charge on any atom is 0.119 e. The zero-order valence-electron chi connectivity index (χ0n) is 11.5. The molecule has 0 aromatic heterocycles. The van der Waals surface area contributed by atoms with Crippen LogP contribution < -0.4 is 10.1 Å². The SMILES string of the molecule is CC(C)CCCNc1ccc(OC(C)C)cc1. The number of rotatable bonds is 7. The van der Waals surface area contributed by atoms with Crippen LogP contribution in [0.4, 0.5) is 5.69 Å². The second kappa shape index (κ2) is 7.21. The van der Waals surface area contributed by atoms with E-state index in [1.54, 1.807) is 0 Å². The smallest absolute Gasteiger partial charge is 0.119 e. The molecule has 0 spiro atoms. The summed E-state index contributed by atoms with van der Waals surface area (Å²) in [5.41, 5.74) is 1.17. The molecule has 17 heavy (non-hydrogen) atoms. The van der Waals surface area contributed by atoms with Crippen molar-refractivity contribution in [3.8, 4) is 5.75 Å². The molecule has 0 heterocycles. The second-order valence-corrected chi connectivity index (χ2v) is 5.15. The highest BCUT2D eigenvalue weighted by atomic mass is 16.5. The van der Waals surface area contributed by atoms with E-state index in [4.69, 9.17) is 4.74 Å². The van der Waals surface area contributed by atoms with Gasteiger partial charge in [-0.15, -0.1) is 0 Å². The molecular formula is C15H25NO. The summed E-state index contributed by atoms with van der Waals surface area (Å²) in [6.07, 6.45) is 2.74. The van der Waals surface area contributed by atoms with Crippen molar-refractivity contribution in [3.05, 3.63) is 24.3 Å². The Bertz CT molecular complexity index is 303. The van der Waals surface area contributed by atoms with Gasteiger partial charge in [-0.3, -0.25) is 0 Å². The number of hydrogen-bond acceptors (Lipinski definition) is 2. The van der Waals surface area contributed by atoms with Crippen LogP contribution in [0.2, 0.25) is 0 Å². The van der Waals surface area contributed by atoms with Crippen molar-refractivity contribution < 1.29 is 4.74 Å². The molecule has 96 valence electrons. The Hall–Kier alpha value is -1.18. The summed E-state index contributed by atoms with van der Waals surface area (Å²) >= 11 is 0. The van der Waals surface area contributed by atoms with E-state index >= 15 is 0 Å². The molecule has 0 aliphatic rings. The third-order valence-corrected chi connectivity index (χ3v) is 2.51. The van der Waals surface area contributed by atoms with Crippen LogP contribution in [0.15, 0.2) is 24.3 Å². The summed E-state index contributed by atoms with van der Waals surface area (Å²) < 4.78 is 5.60. The molecule has 0 saturated heterocycles. The Balaban J connectivity index is 2.30. The number of benzene rings is 1. The van der Waals surface area contributed by atoms with Crippen LogP contribution in [-0.2, 0) is 0 Å². The molecule has 0 aliphatic carbocycles. The minimum Gasteiger partial charge on any atom is -0.491 e. The zero-order valence-corrected chi connectivity index (χ0v) is 11.5. The molecule has 1 N–H and O–H groups in total. The third kappa shape index (κ3) is 6.20. The molecule has 0 atom stereocenters. The van der Waals surface area contributed by atoms with E-state index < -0.39 is 0 Å². The second-order valence-electron chi connectivity index (χ2n) is 5.15. The lowest BCUT2D eigenvalue weighted by Crippen LogP contribution is -2.06. The highest BCUT2D eigenvalue weighted by molar-refractivity contribution is 5.46. The molecule has 0 bridgehead atoms. The van der Waals surface area contributed by atoms with Gasteiger partial charge in [0, 0.05) is 12.2 Å². The van der Waals surface area contributed by atoms with E-state index in [0.29, 0.717) is 0 Å². The first-order chi connectivity index (χ1) is 8.08. The first-order valence-corrected chi connectivity index (χ1v) is 6.58. The highest BCUT2D eigenvalue weighted by Crippen LogP contribution is 2.17. The van der Waals surface area contributed by atoms with Gasteiger partial charge in [-0.05, 0) is 56.9 Å². The molecule has 1 aromatic rings. The van der Waals surface area contributed by atoms with Gasteiger partial charge in [-0.2, -0.15) is 0 Å². The van der Waals surface area contributed by atoms with Crippen LogP contribution in [0, 0.1) is 5.92 Å². The lowest BCUT2D eigenvalue weighted by Gasteiger charge is -2.11. The minimum absolute atomic E-state index is 0.236. The maximum atomic E-state index is 5.60. The Morgan fingerprint density at radius 3 is 2.24 bits per heavy atom. The van der Waals surface area contributed by atoms with Gasteiger partial charge in [0.2, 0.25) is 0 Å². The van der Waals surface area contributed by atoms with Crippen LogP contribution in [-0.4, -0.2) is 12.6 Å². The molecule has 1 rings (SSSR count).